The fraction of sp³-hybridized carbons (Fsp3) is 0.357. The van der Waals surface area contributed by atoms with Crippen LogP contribution in [-0.2, 0) is 20.0 Å². The van der Waals surface area contributed by atoms with Crippen molar-refractivity contribution in [1.29, 1.82) is 0 Å². The third-order valence-corrected chi connectivity index (χ3v) is 3.61. The Labute approximate surface area is 116 Å². The highest BCUT2D eigenvalue weighted by molar-refractivity contribution is 9.10. The third kappa shape index (κ3) is 2.93. The maximum Gasteiger partial charge on any atom is 0.0671 e. The van der Waals surface area contributed by atoms with Crippen LogP contribution in [0.3, 0.4) is 0 Å². The monoisotopic (exact) mass is 307 g/mol. The van der Waals surface area contributed by atoms with E-state index >= 15 is 0 Å². The quantitative estimate of drug-likeness (QED) is 0.934. The lowest BCUT2D eigenvalue weighted by Gasteiger charge is -2.09. The Hall–Kier alpha value is -1.29. The standard InChI is InChI=1S/C14H18BrN3/c1-4-13-11(9-18(3)17-13)8-16-14-7-10(2)5-6-12(14)15/h5-7,9,16H,4,8H2,1-3H3. The number of benzene rings is 1. The van der Waals surface area contributed by atoms with Gasteiger partial charge < -0.3 is 5.32 Å². The minimum atomic E-state index is 0.805. The summed E-state index contributed by atoms with van der Waals surface area (Å²) in [5.74, 6) is 0. The fourth-order valence-electron chi connectivity index (χ4n) is 1.99. The summed E-state index contributed by atoms with van der Waals surface area (Å²) in [6.45, 7) is 5.03. The van der Waals surface area contributed by atoms with Gasteiger partial charge in [0.1, 0.15) is 0 Å². The van der Waals surface area contributed by atoms with Gasteiger partial charge in [-0.15, -0.1) is 0 Å². The SMILES string of the molecule is CCc1nn(C)cc1CNc1cc(C)ccc1Br. The Morgan fingerprint density at radius 3 is 2.89 bits per heavy atom. The van der Waals surface area contributed by atoms with Crippen LogP contribution in [-0.4, -0.2) is 9.78 Å². The van der Waals surface area contributed by atoms with Crippen LogP contribution in [0.5, 0.6) is 0 Å². The average molecular weight is 308 g/mol. The minimum absolute atomic E-state index is 0.805. The summed E-state index contributed by atoms with van der Waals surface area (Å²) < 4.78 is 2.97. The lowest BCUT2D eigenvalue weighted by atomic mass is 10.2. The van der Waals surface area contributed by atoms with Gasteiger partial charge in [-0.1, -0.05) is 13.0 Å². The third-order valence-electron chi connectivity index (χ3n) is 2.92. The number of aryl methyl sites for hydroxylation is 3. The van der Waals surface area contributed by atoms with Crippen LogP contribution in [0.4, 0.5) is 5.69 Å². The van der Waals surface area contributed by atoms with Crippen molar-refractivity contribution in [1.82, 2.24) is 9.78 Å². The van der Waals surface area contributed by atoms with E-state index < -0.39 is 0 Å². The van der Waals surface area contributed by atoms with Gasteiger partial charge in [0.2, 0.25) is 0 Å². The van der Waals surface area contributed by atoms with E-state index in [1.807, 2.05) is 11.7 Å². The second kappa shape index (κ2) is 5.57. The first kappa shape index (κ1) is 13.1. The van der Waals surface area contributed by atoms with Crippen molar-refractivity contribution < 1.29 is 0 Å². The summed E-state index contributed by atoms with van der Waals surface area (Å²) in [5, 5.41) is 7.90. The zero-order valence-electron chi connectivity index (χ0n) is 11.0. The van der Waals surface area contributed by atoms with Crippen molar-refractivity contribution in [3.8, 4) is 0 Å². The Morgan fingerprint density at radius 1 is 1.39 bits per heavy atom. The molecule has 96 valence electrons. The van der Waals surface area contributed by atoms with Gasteiger partial charge in [-0.25, -0.2) is 0 Å². The van der Waals surface area contributed by atoms with Crippen LogP contribution < -0.4 is 5.32 Å². The molecule has 0 saturated heterocycles. The molecule has 0 amide bonds. The minimum Gasteiger partial charge on any atom is -0.380 e. The molecule has 1 aromatic carbocycles. The first-order valence-corrected chi connectivity index (χ1v) is 6.91. The Kier molecular flexibility index (Phi) is 4.07. The summed E-state index contributed by atoms with van der Waals surface area (Å²) in [4.78, 5) is 0. The van der Waals surface area contributed by atoms with E-state index in [9.17, 15) is 0 Å². The molecule has 2 rings (SSSR count). The van der Waals surface area contributed by atoms with E-state index in [2.05, 4.69) is 64.6 Å². The molecule has 0 aliphatic rings. The number of hydrogen-bond donors (Lipinski definition) is 1. The molecule has 0 saturated carbocycles. The van der Waals surface area contributed by atoms with Crippen molar-refractivity contribution in [3.05, 3.63) is 45.7 Å². The molecule has 1 heterocycles. The molecule has 0 spiro atoms. The number of aromatic nitrogens is 2. The molecule has 3 nitrogen and oxygen atoms in total. The Balaban J connectivity index is 2.13. The van der Waals surface area contributed by atoms with Crippen LogP contribution in [0.1, 0.15) is 23.7 Å². The number of hydrogen-bond acceptors (Lipinski definition) is 2. The van der Waals surface area contributed by atoms with Crippen molar-refractivity contribution in [3.63, 3.8) is 0 Å². The number of nitrogens with one attached hydrogen (secondary N) is 1. The molecule has 0 aliphatic carbocycles. The number of anilines is 1. The van der Waals surface area contributed by atoms with E-state index in [0.29, 0.717) is 0 Å². The highest BCUT2D eigenvalue weighted by Crippen LogP contribution is 2.24. The molecule has 4 heteroatoms. The van der Waals surface area contributed by atoms with Gasteiger partial charge in [-0.3, -0.25) is 4.68 Å². The largest absolute Gasteiger partial charge is 0.380 e. The lowest BCUT2D eigenvalue weighted by Crippen LogP contribution is -2.01. The molecule has 0 bridgehead atoms. The highest BCUT2D eigenvalue weighted by atomic mass is 79.9. The average Bonchev–Trinajstić information content (AvgIpc) is 2.71. The predicted octanol–water partition coefficient (Wildman–Crippen LogP) is 3.67. The normalized spacial score (nSPS) is 10.7. The van der Waals surface area contributed by atoms with Gasteiger partial charge in [-0.05, 0) is 47.0 Å². The van der Waals surface area contributed by atoms with Crippen LogP contribution in [0.25, 0.3) is 0 Å². The molecule has 0 aliphatic heterocycles. The lowest BCUT2D eigenvalue weighted by molar-refractivity contribution is 0.746. The van der Waals surface area contributed by atoms with Crippen molar-refractivity contribution >= 4 is 21.6 Å². The maximum absolute atomic E-state index is 4.45. The smallest absolute Gasteiger partial charge is 0.0671 e. The maximum atomic E-state index is 4.45. The molecule has 2 aromatic rings. The molecular weight excluding hydrogens is 290 g/mol. The van der Waals surface area contributed by atoms with Gasteiger partial charge in [0.15, 0.2) is 0 Å². The van der Waals surface area contributed by atoms with E-state index in [1.165, 1.54) is 11.1 Å². The topological polar surface area (TPSA) is 29.9 Å². The molecule has 0 unspecified atom stereocenters. The summed E-state index contributed by atoms with van der Waals surface area (Å²) in [7, 11) is 1.96. The second-order valence-electron chi connectivity index (χ2n) is 4.47. The highest BCUT2D eigenvalue weighted by Gasteiger charge is 2.06. The van der Waals surface area contributed by atoms with Gasteiger partial charge >= 0.3 is 0 Å². The second-order valence-corrected chi connectivity index (χ2v) is 5.32. The van der Waals surface area contributed by atoms with E-state index in [0.717, 1.165) is 28.8 Å². The van der Waals surface area contributed by atoms with Gasteiger partial charge in [0, 0.05) is 35.5 Å². The van der Waals surface area contributed by atoms with Crippen LogP contribution >= 0.6 is 15.9 Å². The molecule has 0 fully saturated rings. The molecule has 1 N–H and O–H groups in total. The summed E-state index contributed by atoms with van der Waals surface area (Å²) in [6.07, 6.45) is 3.04. The first-order valence-electron chi connectivity index (χ1n) is 6.11. The molecule has 1 aromatic heterocycles. The molecule has 0 atom stereocenters. The van der Waals surface area contributed by atoms with E-state index in [4.69, 9.17) is 0 Å². The first-order chi connectivity index (χ1) is 8.60. The van der Waals surface area contributed by atoms with Crippen molar-refractivity contribution in [2.24, 2.45) is 7.05 Å². The molecule has 18 heavy (non-hydrogen) atoms. The summed E-state index contributed by atoms with van der Waals surface area (Å²) in [6, 6.07) is 6.31. The van der Waals surface area contributed by atoms with Gasteiger partial charge in [0.25, 0.3) is 0 Å². The fourth-order valence-corrected chi connectivity index (χ4v) is 2.38. The van der Waals surface area contributed by atoms with Crippen LogP contribution in [0, 0.1) is 6.92 Å². The molecule has 0 radical (unpaired) electrons. The van der Waals surface area contributed by atoms with Gasteiger partial charge in [-0.2, -0.15) is 5.10 Å². The zero-order valence-corrected chi connectivity index (χ0v) is 12.6. The van der Waals surface area contributed by atoms with Gasteiger partial charge in [0.05, 0.1) is 5.69 Å². The number of rotatable bonds is 4. The molecular formula is C14H18BrN3. The van der Waals surface area contributed by atoms with E-state index in [-0.39, 0.29) is 0 Å². The summed E-state index contributed by atoms with van der Waals surface area (Å²) >= 11 is 3.56. The zero-order chi connectivity index (χ0) is 13.1. The number of nitrogens with zero attached hydrogens (tertiary/aromatic N) is 2. The van der Waals surface area contributed by atoms with Crippen LogP contribution in [0.2, 0.25) is 0 Å². The number of halogens is 1. The van der Waals surface area contributed by atoms with Crippen LogP contribution in [0.15, 0.2) is 28.9 Å². The van der Waals surface area contributed by atoms with Crippen molar-refractivity contribution in [2.75, 3.05) is 5.32 Å². The summed E-state index contributed by atoms with van der Waals surface area (Å²) in [5.41, 5.74) is 4.80. The Bertz CT molecular complexity index is 546. The van der Waals surface area contributed by atoms with Crippen molar-refractivity contribution in [2.45, 2.75) is 26.8 Å². The Morgan fingerprint density at radius 2 is 2.17 bits per heavy atom. The predicted molar refractivity (Wildman–Crippen MR) is 78.8 cm³/mol. The van der Waals surface area contributed by atoms with E-state index in [1.54, 1.807) is 0 Å².